The number of nitrogens with one attached hydrogen (secondary N) is 1. The highest BCUT2D eigenvalue weighted by molar-refractivity contribution is 7.07. The first-order valence-corrected chi connectivity index (χ1v) is 6.42. The van der Waals surface area contributed by atoms with Gasteiger partial charge in [0.2, 0.25) is 0 Å². The average Bonchev–Trinajstić information content (AvgIpc) is 2.64. The Kier molecular flexibility index (Phi) is 5.20. The van der Waals surface area contributed by atoms with Crippen molar-refractivity contribution in [2.45, 2.75) is 39.7 Å². The lowest BCUT2D eigenvalue weighted by Crippen LogP contribution is -2.36. The molecule has 14 heavy (non-hydrogen) atoms. The van der Waals surface area contributed by atoms with Gasteiger partial charge in [-0.3, -0.25) is 0 Å². The Balaban J connectivity index is 2.43. The second-order valence-electron chi connectivity index (χ2n) is 4.14. The summed E-state index contributed by atoms with van der Waals surface area (Å²) in [5.41, 5.74) is 1.47. The van der Waals surface area contributed by atoms with Crippen molar-refractivity contribution in [1.29, 1.82) is 0 Å². The average molecular weight is 211 g/mol. The van der Waals surface area contributed by atoms with Crippen LogP contribution in [0, 0.1) is 5.92 Å². The van der Waals surface area contributed by atoms with Crippen LogP contribution in [0.15, 0.2) is 16.8 Å². The zero-order chi connectivity index (χ0) is 10.4. The minimum absolute atomic E-state index is 0.629. The summed E-state index contributed by atoms with van der Waals surface area (Å²) in [6, 6.07) is 2.86. The molecule has 0 fully saturated rings. The maximum atomic E-state index is 3.61. The van der Waals surface area contributed by atoms with Crippen LogP contribution in [0.5, 0.6) is 0 Å². The molecule has 0 saturated heterocycles. The van der Waals surface area contributed by atoms with E-state index in [-0.39, 0.29) is 0 Å². The third kappa shape index (κ3) is 3.81. The molecule has 1 aromatic heterocycles. The summed E-state index contributed by atoms with van der Waals surface area (Å²) in [5, 5.41) is 8.02. The number of hydrogen-bond donors (Lipinski definition) is 1. The molecule has 0 aliphatic rings. The lowest BCUT2D eigenvalue weighted by molar-refractivity contribution is 0.397. The standard InChI is InChI=1S/C12H21NS/c1-4-6-13-12(10(2)3)8-11-5-7-14-9-11/h5,7,9-10,12-13H,4,6,8H2,1-3H3. The fourth-order valence-electron chi connectivity index (χ4n) is 1.54. The van der Waals surface area contributed by atoms with Crippen LogP contribution in [0.3, 0.4) is 0 Å². The minimum atomic E-state index is 0.629. The Hall–Kier alpha value is -0.340. The topological polar surface area (TPSA) is 12.0 Å². The van der Waals surface area contributed by atoms with Crippen LogP contribution in [0.4, 0.5) is 0 Å². The maximum absolute atomic E-state index is 3.61. The highest BCUT2D eigenvalue weighted by Gasteiger charge is 2.12. The van der Waals surface area contributed by atoms with Crippen molar-refractivity contribution >= 4 is 11.3 Å². The van der Waals surface area contributed by atoms with E-state index >= 15 is 0 Å². The molecule has 1 atom stereocenters. The molecule has 0 spiro atoms. The summed E-state index contributed by atoms with van der Waals surface area (Å²) >= 11 is 1.79. The molecule has 1 N–H and O–H groups in total. The van der Waals surface area contributed by atoms with E-state index in [4.69, 9.17) is 0 Å². The summed E-state index contributed by atoms with van der Waals surface area (Å²) in [7, 11) is 0. The Morgan fingerprint density at radius 1 is 1.43 bits per heavy atom. The smallest absolute Gasteiger partial charge is 0.0131 e. The molecule has 1 nitrogen and oxygen atoms in total. The monoisotopic (exact) mass is 211 g/mol. The largest absolute Gasteiger partial charge is 0.313 e. The van der Waals surface area contributed by atoms with Gasteiger partial charge in [-0.05, 0) is 47.7 Å². The molecule has 1 heterocycles. The van der Waals surface area contributed by atoms with Crippen molar-refractivity contribution in [3.05, 3.63) is 22.4 Å². The normalized spacial score (nSPS) is 13.4. The van der Waals surface area contributed by atoms with Crippen molar-refractivity contribution in [1.82, 2.24) is 5.32 Å². The molecule has 80 valence electrons. The second-order valence-corrected chi connectivity index (χ2v) is 4.92. The van der Waals surface area contributed by atoms with E-state index in [2.05, 4.69) is 42.9 Å². The van der Waals surface area contributed by atoms with Gasteiger partial charge in [-0.1, -0.05) is 20.8 Å². The molecule has 0 aliphatic carbocycles. The molecule has 0 aromatic carbocycles. The first-order chi connectivity index (χ1) is 6.74. The van der Waals surface area contributed by atoms with Crippen LogP contribution in [0.1, 0.15) is 32.8 Å². The lowest BCUT2D eigenvalue weighted by atomic mass is 9.98. The van der Waals surface area contributed by atoms with E-state index in [1.807, 2.05) is 0 Å². The second kappa shape index (κ2) is 6.20. The zero-order valence-electron chi connectivity index (χ0n) is 9.42. The molecular formula is C12H21NS. The number of hydrogen-bond acceptors (Lipinski definition) is 2. The third-order valence-corrected chi connectivity index (χ3v) is 3.23. The molecule has 0 saturated carbocycles. The molecule has 0 bridgehead atoms. The van der Waals surface area contributed by atoms with Crippen molar-refractivity contribution in [2.75, 3.05) is 6.54 Å². The molecule has 1 unspecified atom stereocenters. The summed E-state index contributed by atoms with van der Waals surface area (Å²) in [5.74, 6) is 0.710. The Labute approximate surface area is 91.5 Å². The van der Waals surface area contributed by atoms with Gasteiger partial charge >= 0.3 is 0 Å². The number of rotatable bonds is 6. The van der Waals surface area contributed by atoms with Gasteiger partial charge in [-0.25, -0.2) is 0 Å². The fraction of sp³-hybridized carbons (Fsp3) is 0.667. The van der Waals surface area contributed by atoms with Gasteiger partial charge in [0.1, 0.15) is 0 Å². The van der Waals surface area contributed by atoms with Crippen LogP contribution >= 0.6 is 11.3 Å². The van der Waals surface area contributed by atoms with E-state index in [1.54, 1.807) is 11.3 Å². The quantitative estimate of drug-likeness (QED) is 0.761. The summed E-state index contributed by atoms with van der Waals surface area (Å²) in [4.78, 5) is 0. The zero-order valence-corrected chi connectivity index (χ0v) is 10.2. The van der Waals surface area contributed by atoms with Crippen LogP contribution in [-0.4, -0.2) is 12.6 Å². The van der Waals surface area contributed by atoms with Crippen LogP contribution in [0.2, 0.25) is 0 Å². The van der Waals surface area contributed by atoms with Gasteiger partial charge in [-0.2, -0.15) is 11.3 Å². The van der Waals surface area contributed by atoms with Crippen molar-refractivity contribution in [3.63, 3.8) is 0 Å². The Morgan fingerprint density at radius 3 is 2.71 bits per heavy atom. The Bertz CT molecular complexity index is 228. The molecule has 1 rings (SSSR count). The molecule has 1 aromatic rings. The van der Waals surface area contributed by atoms with Gasteiger partial charge in [0.15, 0.2) is 0 Å². The maximum Gasteiger partial charge on any atom is 0.0131 e. The van der Waals surface area contributed by atoms with Crippen LogP contribution in [0.25, 0.3) is 0 Å². The summed E-state index contributed by atoms with van der Waals surface area (Å²) in [6.45, 7) is 7.93. The molecular weight excluding hydrogens is 190 g/mol. The van der Waals surface area contributed by atoms with Gasteiger partial charge in [0, 0.05) is 6.04 Å². The van der Waals surface area contributed by atoms with E-state index in [0.717, 1.165) is 6.54 Å². The van der Waals surface area contributed by atoms with E-state index in [1.165, 1.54) is 18.4 Å². The Morgan fingerprint density at radius 2 is 2.21 bits per heavy atom. The minimum Gasteiger partial charge on any atom is -0.313 e. The molecule has 0 aliphatic heterocycles. The van der Waals surface area contributed by atoms with Crippen molar-refractivity contribution < 1.29 is 0 Å². The van der Waals surface area contributed by atoms with E-state index in [9.17, 15) is 0 Å². The predicted octanol–water partition coefficient (Wildman–Crippen LogP) is 3.31. The van der Waals surface area contributed by atoms with Crippen LogP contribution in [-0.2, 0) is 6.42 Å². The predicted molar refractivity (Wildman–Crippen MR) is 64.9 cm³/mol. The van der Waals surface area contributed by atoms with Gasteiger partial charge in [-0.15, -0.1) is 0 Å². The molecule has 0 amide bonds. The number of thiophene rings is 1. The molecule has 2 heteroatoms. The highest BCUT2D eigenvalue weighted by Crippen LogP contribution is 2.13. The lowest BCUT2D eigenvalue weighted by Gasteiger charge is -2.21. The van der Waals surface area contributed by atoms with Gasteiger partial charge in [0.25, 0.3) is 0 Å². The van der Waals surface area contributed by atoms with Crippen LogP contribution < -0.4 is 5.32 Å². The summed E-state index contributed by atoms with van der Waals surface area (Å²) in [6.07, 6.45) is 2.38. The van der Waals surface area contributed by atoms with Crippen molar-refractivity contribution in [3.8, 4) is 0 Å². The van der Waals surface area contributed by atoms with Gasteiger partial charge in [0.05, 0.1) is 0 Å². The SMILES string of the molecule is CCCNC(Cc1ccsc1)C(C)C. The first kappa shape index (κ1) is 11.7. The summed E-state index contributed by atoms with van der Waals surface area (Å²) < 4.78 is 0. The molecule has 0 radical (unpaired) electrons. The van der Waals surface area contributed by atoms with E-state index in [0.29, 0.717) is 12.0 Å². The van der Waals surface area contributed by atoms with Crippen molar-refractivity contribution in [2.24, 2.45) is 5.92 Å². The van der Waals surface area contributed by atoms with E-state index < -0.39 is 0 Å². The fourth-order valence-corrected chi connectivity index (χ4v) is 2.22. The highest BCUT2D eigenvalue weighted by atomic mass is 32.1. The first-order valence-electron chi connectivity index (χ1n) is 5.48. The van der Waals surface area contributed by atoms with Gasteiger partial charge < -0.3 is 5.32 Å². The third-order valence-electron chi connectivity index (χ3n) is 2.50.